The number of nitrogens with zero attached hydrogens (tertiary/aromatic N) is 2. The summed E-state index contributed by atoms with van der Waals surface area (Å²) in [6, 6.07) is 1.95. The number of H-pyrrole nitrogens is 1. The summed E-state index contributed by atoms with van der Waals surface area (Å²) < 4.78 is 0. The van der Waals surface area contributed by atoms with Crippen LogP contribution >= 0.6 is 23.4 Å². The third-order valence-electron chi connectivity index (χ3n) is 4.48. The van der Waals surface area contributed by atoms with Crippen molar-refractivity contribution < 1.29 is 4.79 Å². The summed E-state index contributed by atoms with van der Waals surface area (Å²) >= 11 is 7.47. The lowest BCUT2D eigenvalue weighted by Gasteiger charge is -2.31. The van der Waals surface area contributed by atoms with Gasteiger partial charge >= 0.3 is 0 Å². The molecule has 0 aliphatic carbocycles. The summed E-state index contributed by atoms with van der Waals surface area (Å²) in [5.74, 6) is 1.06. The van der Waals surface area contributed by atoms with E-state index in [9.17, 15) is 4.79 Å². The molecule has 1 unspecified atom stereocenters. The molecule has 0 aromatic carbocycles. The van der Waals surface area contributed by atoms with E-state index in [1.165, 1.54) is 4.91 Å². The summed E-state index contributed by atoms with van der Waals surface area (Å²) in [5.41, 5.74) is 1.95. The Labute approximate surface area is 197 Å². The van der Waals surface area contributed by atoms with Gasteiger partial charge in [0.15, 0.2) is 5.82 Å². The predicted molar refractivity (Wildman–Crippen MR) is 139 cm³/mol. The zero-order valence-electron chi connectivity index (χ0n) is 19.4. The van der Waals surface area contributed by atoms with Crippen molar-refractivity contribution in [1.82, 2.24) is 10.2 Å². The molecule has 0 bridgehead atoms. The van der Waals surface area contributed by atoms with Crippen molar-refractivity contribution in [3.63, 3.8) is 0 Å². The predicted octanol–water partition coefficient (Wildman–Crippen LogP) is 7.19. The van der Waals surface area contributed by atoms with E-state index < -0.39 is 0 Å². The summed E-state index contributed by atoms with van der Waals surface area (Å²) in [6.45, 7) is 10.8. The molecule has 2 rings (SSSR count). The number of rotatable bonds is 8. The molecule has 1 aromatic heterocycles. The van der Waals surface area contributed by atoms with Crippen molar-refractivity contribution in [3.8, 4) is 12.8 Å². The van der Waals surface area contributed by atoms with Gasteiger partial charge in [0.25, 0.3) is 0 Å². The molecule has 1 N–H and O–H groups in total. The molecule has 1 aromatic rings. The number of carbonyl (C=O) groups is 1. The lowest BCUT2D eigenvalue weighted by Crippen LogP contribution is -2.39. The van der Waals surface area contributed by atoms with Crippen molar-refractivity contribution in [1.29, 1.82) is 0 Å². The van der Waals surface area contributed by atoms with E-state index in [-0.39, 0.29) is 11.8 Å². The van der Waals surface area contributed by atoms with Crippen molar-refractivity contribution in [2.24, 2.45) is 5.92 Å². The van der Waals surface area contributed by atoms with Gasteiger partial charge in [-0.2, -0.15) is 5.10 Å². The first kappa shape index (κ1) is 28.8. The van der Waals surface area contributed by atoms with Crippen molar-refractivity contribution >= 4 is 40.7 Å². The first-order valence-electron chi connectivity index (χ1n) is 10.7. The van der Waals surface area contributed by atoms with E-state index in [4.69, 9.17) is 11.6 Å². The maximum atomic E-state index is 12.7. The van der Waals surface area contributed by atoms with Crippen LogP contribution in [0.4, 0.5) is 5.82 Å². The number of hydrogen-bond donors (Lipinski definition) is 1. The third-order valence-corrected chi connectivity index (χ3v) is 5.82. The second kappa shape index (κ2) is 17.5. The number of nitrogens with one attached hydrogen (secondary N) is 1. The molecule has 1 aliphatic rings. The highest BCUT2D eigenvalue weighted by molar-refractivity contribution is 8.04. The number of anilines is 1. The number of halogens is 1. The second-order valence-corrected chi connectivity index (χ2v) is 7.91. The zero-order valence-corrected chi connectivity index (χ0v) is 21.0. The Morgan fingerprint density at radius 3 is 2.65 bits per heavy atom. The maximum Gasteiger partial charge on any atom is 0.228 e. The number of allylic oxidation sites excluding steroid dienone is 8. The Morgan fingerprint density at radius 2 is 2.10 bits per heavy atom. The molecule has 1 saturated heterocycles. The molecular formula is C25H36ClN3OS. The fraction of sp³-hybridized carbons (Fsp3) is 0.440. The zero-order chi connectivity index (χ0) is 23.6. The van der Waals surface area contributed by atoms with Crippen LogP contribution in [-0.2, 0) is 4.79 Å². The fourth-order valence-electron chi connectivity index (χ4n) is 3.14. The molecule has 0 radical (unpaired) electrons. The average molecular weight is 462 g/mol. The number of hydrogen-bond acceptors (Lipinski definition) is 3. The van der Waals surface area contributed by atoms with Crippen LogP contribution in [-0.4, -0.2) is 27.9 Å². The van der Waals surface area contributed by atoms with Gasteiger partial charge in [-0.15, -0.1) is 36.2 Å². The maximum absolute atomic E-state index is 12.7. The normalized spacial score (nSPS) is 17.4. The van der Waals surface area contributed by atoms with Crippen LogP contribution in [0.3, 0.4) is 0 Å². The van der Waals surface area contributed by atoms with Gasteiger partial charge in [0.1, 0.15) is 0 Å². The number of aromatic nitrogens is 2. The van der Waals surface area contributed by atoms with Crippen LogP contribution in [0.15, 0.2) is 47.4 Å². The van der Waals surface area contributed by atoms with Gasteiger partial charge < -0.3 is 0 Å². The minimum atomic E-state index is 0.112. The van der Waals surface area contributed by atoms with Crippen LogP contribution in [0, 0.1) is 18.8 Å². The van der Waals surface area contributed by atoms with E-state index in [0.717, 1.165) is 24.1 Å². The molecule has 1 fully saturated rings. The number of piperidine rings is 1. The highest BCUT2D eigenvalue weighted by Gasteiger charge is 2.30. The van der Waals surface area contributed by atoms with Gasteiger partial charge in [0, 0.05) is 24.9 Å². The SMILES string of the molecule is C#C.CC.C\C=C/C(=C\C=C\CC)c1cc(N2CCC(/C(=C/C)SCCl)CC2=O)n[nH]1. The van der Waals surface area contributed by atoms with Crippen LogP contribution in [0.1, 0.15) is 59.6 Å². The van der Waals surface area contributed by atoms with Gasteiger partial charge in [-0.3, -0.25) is 14.8 Å². The van der Waals surface area contributed by atoms with Crippen LogP contribution in [0.2, 0.25) is 0 Å². The lowest BCUT2D eigenvalue weighted by atomic mass is 9.95. The fourth-order valence-corrected chi connectivity index (χ4v) is 4.24. The van der Waals surface area contributed by atoms with E-state index >= 15 is 0 Å². The van der Waals surface area contributed by atoms with E-state index in [0.29, 0.717) is 24.0 Å². The number of aromatic amines is 1. The number of thioether (sulfide) groups is 1. The molecule has 0 saturated carbocycles. The van der Waals surface area contributed by atoms with Crippen LogP contribution < -0.4 is 4.90 Å². The highest BCUT2D eigenvalue weighted by Crippen LogP contribution is 2.34. The number of amides is 1. The standard InChI is InChI=1S/C21H28ClN3OS.C2H6.C2H2/c1-4-7-8-10-16(9-5-2)18-14-20(24-23-18)25-12-11-17(13-21(25)26)19(6-3)27-15-22;2*1-2/h5-10,14,17H,4,11-13,15H2,1-3H3,(H,23,24);1-2H3;1-2H/b8-7+,9-5-,16-10+,19-6-;;. The van der Waals surface area contributed by atoms with Gasteiger partial charge in [-0.25, -0.2) is 0 Å². The van der Waals surface area contributed by atoms with Crippen molar-refractivity contribution in [2.45, 2.75) is 53.9 Å². The van der Waals surface area contributed by atoms with E-state index in [2.05, 4.69) is 48.2 Å². The average Bonchev–Trinajstić information content (AvgIpc) is 3.29. The topological polar surface area (TPSA) is 49.0 Å². The van der Waals surface area contributed by atoms with E-state index in [1.807, 2.05) is 52.0 Å². The molecule has 6 heteroatoms. The number of alkyl halides is 1. The largest absolute Gasteiger partial charge is 0.295 e. The molecule has 1 aliphatic heterocycles. The summed E-state index contributed by atoms with van der Waals surface area (Å²) in [7, 11) is 0. The quantitative estimate of drug-likeness (QED) is 0.253. The Balaban J connectivity index is 0.00000212. The van der Waals surface area contributed by atoms with E-state index in [1.54, 1.807) is 16.7 Å². The number of terminal acetylenes is 1. The molecular weight excluding hydrogens is 426 g/mol. The molecule has 1 amide bonds. The number of carbonyl (C=O) groups excluding carboxylic acids is 1. The molecule has 2 heterocycles. The monoisotopic (exact) mass is 461 g/mol. The Kier molecular flexibility index (Phi) is 16.3. The van der Waals surface area contributed by atoms with Gasteiger partial charge in [0.05, 0.1) is 10.9 Å². The van der Waals surface area contributed by atoms with Gasteiger partial charge in [-0.05, 0) is 37.2 Å². The Hall–Kier alpha value is -2.16. The first-order valence-corrected chi connectivity index (χ1v) is 12.2. The molecule has 31 heavy (non-hydrogen) atoms. The van der Waals surface area contributed by atoms with Crippen LogP contribution in [0.5, 0.6) is 0 Å². The smallest absolute Gasteiger partial charge is 0.228 e. The highest BCUT2D eigenvalue weighted by atomic mass is 35.5. The lowest BCUT2D eigenvalue weighted by molar-refractivity contribution is -0.120. The minimum Gasteiger partial charge on any atom is -0.295 e. The Morgan fingerprint density at radius 1 is 1.39 bits per heavy atom. The molecule has 4 nitrogen and oxygen atoms in total. The summed E-state index contributed by atoms with van der Waals surface area (Å²) in [5, 5.41) is 7.98. The summed E-state index contributed by atoms with van der Waals surface area (Å²) in [4.78, 5) is 15.7. The van der Waals surface area contributed by atoms with Crippen molar-refractivity contribution in [2.75, 3.05) is 16.7 Å². The van der Waals surface area contributed by atoms with Gasteiger partial charge in [0.2, 0.25) is 5.91 Å². The second-order valence-electron chi connectivity index (χ2n) is 6.28. The third kappa shape index (κ3) is 9.25. The summed E-state index contributed by atoms with van der Waals surface area (Å²) in [6.07, 6.45) is 22.7. The molecule has 1 atom stereocenters. The van der Waals surface area contributed by atoms with Gasteiger partial charge in [-0.1, -0.05) is 57.2 Å². The first-order chi connectivity index (χ1) is 15.1. The minimum absolute atomic E-state index is 0.112. The van der Waals surface area contributed by atoms with Crippen molar-refractivity contribution in [3.05, 3.63) is 53.1 Å². The molecule has 0 spiro atoms. The Bertz CT molecular complexity index is 790. The molecule has 170 valence electrons. The van der Waals surface area contributed by atoms with Crippen LogP contribution in [0.25, 0.3) is 5.57 Å².